The lowest BCUT2D eigenvalue weighted by molar-refractivity contribution is -0.274. The zero-order valence-electron chi connectivity index (χ0n) is 19.0. The molecule has 36 heavy (non-hydrogen) atoms. The van der Waals surface area contributed by atoms with E-state index >= 15 is 0 Å². The van der Waals surface area contributed by atoms with Crippen molar-refractivity contribution in [2.24, 2.45) is 0 Å². The first kappa shape index (κ1) is 26.4. The van der Waals surface area contributed by atoms with Crippen molar-refractivity contribution in [2.75, 3.05) is 19.8 Å². The smallest absolute Gasteiger partial charge is 0.492 e. The van der Waals surface area contributed by atoms with E-state index in [0.29, 0.717) is 24.5 Å². The molecule has 0 radical (unpaired) electrons. The number of hydrogen-bond donors (Lipinski definition) is 3. The van der Waals surface area contributed by atoms with E-state index in [1.54, 1.807) is 12.1 Å². The Morgan fingerprint density at radius 3 is 2.22 bits per heavy atom. The second-order valence-corrected chi connectivity index (χ2v) is 7.40. The van der Waals surface area contributed by atoms with E-state index in [1.807, 2.05) is 29.1 Å². The Morgan fingerprint density at radius 2 is 1.61 bits per heavy atom. The Bertz CT molecular complexity index is 1160. The maximum absolute atomic E-state index is 12.7. The topological polar surface area (TPSA) is 102 Å². The van der Waals surface area contributed by atoms with E-state index in [4.69, 9.17) is 9.84 Å². The molecule has 0 fully saturated rings. The van der Waals surface area contributed by atoms with E-state index in [0.717, 1.165) is 12.1 Å². The van der Waals surface area contributed by atoms with Gasteiger partial charge in [0.05, 0.1) is 13.2 Å². The summed E-state index contributed by atoms with van der Waals surface area (Å²) in [6.45, 7) is 0.724. The molecule has 0 saturated carbocycles. The first-order valence-electron chi connectivity index (χ1n) is 10.8. The van der Waals surface area contributed by atoms with Gasteiger partial charge in [0.1, 0.15) is 23.8 Å². The van der Waals surface area contributed by atoms with Crippen LogP contribution in [0.5, 0.6) is 11.5 Å². The van der Waals surface area contributed by atoms with Gasteiger partial charge >= 0.3 is 6.36 Å². The highest BCUT2D eigenvalue weighted by Crippen LogP contribution is 2.23. The number of aromatic nitrogens is 1. The molecule has 0 unspecified atom stereocenters. The summed E-state index contributed by atoms with van der Waals surface area (Å²) in [5.74, 6) is -1.13. The number of nitrogens with zero attached hydrogens (tertiary/aromatic N) is 1. The van der Waals surface area contributed by atoms with Gasteiger partial charge in [-0.15, -0.1) is 13.2 Å². The van der Waals surface area contributed by atoms with Gasteiger partial charge in [0, 0.05) is 24.5 Å². The van der Waals surface area contributed by atoms with Crippen LogP contribution in [-0.4, -0.2) is 47.6 Å². The molecule has 2 aromatic carbocycles. The predicted molar refractivity (Wildman–Crippen MR) is 125 cm³/mol. The summed E-state index contributed by atoms with van der Waals surface area (Å²) in [7, 11) is 0. The standard InChI is InChI=1S/C25H24F3N3O5/c26-25(27,28)36-21-7-3-18(4-8-21)17-22(24(34)29-11-15-32)30-23(33)19-5-9-20(10-6-19)35-16-14-31-12-1-2-13-31/h1-10,12-13,17,32H,11,14-16H2,(H,29,34)(H,30,33). The Balaban J connectivity index is 1.67. The van der Waals surface area contributed by atoms with Crippen molar-refractivity contribution in [2.45, 2.75) is 12.9 Å². The van der Waals surface area contributed by atoms with E-state index in [9.17, 15) is 22.8 Å². The van der Waals surface area contributed by atoms with Crippen LogP contribution >= 0.6 is 0 Å². The molecule has 1 heterocycles. The Hall–Kier alpha value is -4.25. The second-order valence-electron chi connectivity index (χ2n) is 7.40. The molecular weight excluding hydrogens is 479 g/mol. The van der Waals surface area contributed by atoms with E-state index in [-0.39, 0.29) is 24.4 Å². The molecule has 3 N–H and O–H groups in total. The number of benzene rings is 2. The van der Waals surface area contributed by atoms with E-state index in [1.165, 1.54) is 30.3 Å². The molecule has 0 aliphatic heterocycles. The van der Waals surface area contributed by atoms with Crippen molar-refractivity contribution < 1.29 is 37.3 Å². The number of carbonyl (C=O) groups excluding carboxylic acids is 2. The summed E-state index contributed by atoms with van der Waals surface area (Å²) in [6, 6.07) is 14.9. The number of carbonyl (C=O) groups is 2. The zero-order chi connectivity index (χ0) is 26.0. The lowest BCUT2D eigenvalue weighted by Gasteiger charge is -2.12. The fourth-order valence-electron chi connectivity index (χ4n) is 3.04. The fourth-order valence-corrected chi connectivity index (χ4v) is 3.04. The number of nitrogens with one attached hydrogen (secondary N) is 2. The summed E-state index contributed by atoms with van der Waals surface area (Å²) in [6.07, 6.45) is 0.303. The van der Waals surface area contributed by atoms with Crippen LogP contribution in [0, 0.1) is 0 Å². The summed E-state index contributed by atoms with van der Waals surface area (Å²) >= 11 is 0. The van der Waals surface area contributed by atoms with Crippen LogP contribution in [0.1, 0.15) is 15.9 Å². The second kappa shape index (κ2) is 12.5. The molecule has 0 aliphatic carbocycles. The SMILES string of the molecule is O=C(NCCO)C(=Cc1ccc(OC(F)(F)F)cc1)NC(=O)c1ccc(OCCn2cccc2)cc1. The number of ether oxygens (including phenoxy) is 2. The Morgan fingerprint density at radius 1 is 0.972 bits per heavy atom. The Labute approximate surface area is 205 Å². The van der Waals surface area contributed by atoms with Crippen LogP contribution in [0.4, 0.5) is 13.2 Å². The summed E-state index contributed by atoms with van der Waals surface area (Å²) in [4.78, 5) is 25.2. The molecule has 8 nitrogen and oxygen atoms in total. The number of halogens is 3. The average Bonchev–Trinajstić information content (AvgIpc) is 3.36. The maximum atomic E-state index is 12.7. The predicted octanol–water partition coefficient (Wildman–Crippen LogP) is 3.35. The van der Waals surface area contributed by atoms with Crippen molar-refractivity contribution in [1.82, 2.24) is 15.2 Å². The highest BCUT2D eigenvalue weighted by atomic mass is 19.4. The van der Waals surface area contributed by atoms with Crippen molar-refractivity contribution >= 4 is 17.9 Å². The van der Waals surface area contributed by atoms with Crippen molar-refractivity contribution in [1.29, 1.82) is 0 Å². The van der Waals surface area contributed by atoms with Crippen LogP contribution in [0.2, 0.25) is 0 Å². The molecule has 3 aromatic rings. The van der Waals surface area contributed by atoms with E-state index in [2.05, 4.69) is 15.4 Å². The molecule has 0 spiro atoms. The molecule has 11 heteroatoms. The minimum atomic E-state index is -4.83. The van der Waals surface area contributed by atoms with Crippen LogP contribution in [0.25, 0.3) is 6.08 Å². The van der Waals surface area contributed by atoms with Gasteiger partial charge in [0.2, 0.25) is 0 Å². The third-order valence-electron chi connectivity index (χ3n) is 4.72. The molecule has 3 rings (SSSR count). The van der Waals surface area contributed by atoms with Gasteiger partial charge in [-0.25, -0.2) is 0 Å². The van der Waals surface area contributed by atoms with Gasteiger partial charge in [-0.05, 0) is 60.2 Å². The van der Waals surface area contributed by atoms with Gasteiger partial charge in [-0.3, -0.25) is 9.59 Å². The van der Waals surface area contributed by atoms with Crippen LogP contribution in [-0.2, 0) is 11.3 Å². The molecule has 0 aliphatic rings. The van der Waals surface area contributed by atoms with Crippen molar-refractivity contribution in [3.8, 4) is 11.5 Å². The molecular formula is C25H24F3N3O5. The fraction of sp³-hybridized carbons (Fsp3) is 0.200. The number of aliphatic hydroxyl groups is 1. The minimum absolute atomic E-state index is 0.0561. The van der Waals surface area contributed by atoms with Crippen LogP contribution in [0.15, 0.2) is 78.8 Å². The number of amides is 2. The molecule has 190 valence electrons. The molecule has 1 aromatic heterocycles. The largest absolute Gasteiger partial charge is 0.573 e. The Kier molecular flexibility index (Phi) is 9.12. The van der Waals surface area contributed by atoms with Gasteiger partial charge < -0.3 is 29.8 Å². The van der Waals surface area contributed by atoms with E-state index < -0.39 is 23.9 Å². The van der Waals surface area contributed by atoms with Crippen LogP contribution in [0.3, 0.4) is 0 Å². The normalized spacial score (nSPS) is 11.6. The monoisotopic (exact) mass is 503 g/mol. The van der Waals surface area contributed by atoms with Crippen LogP contribution < -0.4 is 20.1 Å². The first-order chi connectivity index (χ1) is 17.2. The quantitative estimate of drug-likeness (QED) is 0.349. The number of aliphatic hydroxyl groups excluding tert-OH is 1. The lowest BCUT2D eigenvalue weighted by Crippen LogP contribution is -2.36. The molecule has 0 saturated heterocycles. The first-order valence-corrected chi connectivity index (χ1v) is 10.8. The third kappa shape index (κ3) is 8.51. The minimum Gasteiger partial charge on any atom is -0.492 e. The van der Waals surface area contributed by atoms with Gasteiger partial charge in [0.25, 0.3) is 11.8 Å². The van der Waals surface area contributed by atoms with Gasteiger partial charge in [-0.2, -0.15) is 0 Å². The average molecular weight is 503 g/mol. The highest BCUT2D eigenvalue weighted by molar-refractivity contribution is 6.05. The zero-order valence-corrected chi connectivity index (χ0v) is 19.0. The molecule has 0 atom stereocenters. The van der Waals surface area contributed by atoms with Crippen molar-refractivity contribution in [3.63, 3.8) is 0 Å². The summed E-state index contributed by atoms with van der Waals surface area (Å²) in [5, 5.41) is 13.9. The lowest BCUT2D eigenvalue weighted by atomic mass is 10.1. The molecule has 0 bridgehead atoms. The van der Waals surface area contributed by atoms with Gasteiger partial charge in [0.15, 0.2) is 0 Å². The summed E-state index contributed by atoms with van der Waals surface area (Å²) < 4.78 is 48.5. The maximum Gasteiger partial charge on any atom is 0.573 e. The number of rotatable bonds is 11. The number of alkyl halides is 3. The molecule has 2 amide bonds. The highest BCUT2D eigenvalue weighted by Gasteiger charge is 2.30. The number of hydrogen-bond acceptors (Lipinski definition) is 5. The third-order valence-corrected chi connectivity index (χ3v) is 4.72. The summed E-state index contributed by atoms with van der Waals surface area (Å²) in [5.41, 5.74) is 0.429. The van der Waals surface area contributed by atoms with Gasteiger partial charge in [-0.1, -0.05) is 12.1 Å². The van der Waals surface area contributed by atoms with Crippen molar-refractivity contribution in [3.05, 3.63) is 89.9 Å².